The Labute approximate surface area is 206 Å². The molecule has 1 aliphatic rings. The zero-order valence-electron chi connectivity index (χ0n) is 18.2. The number of hydrogen-bond donors (Lipinski definition) is 4. The summed E-state index contributed by atoms with van der Waals surface area (Å²) in [6.07, 6.45) is 0. The molecule has 0 radical (unpaired) electrons. The van der Waals surface area contributed by atoms with Crippen LogP contribution in [0.4, 0.5) is 11.4 Å². The maximum Gasteiger partial charge on any atom is 0.195 e. The quantitative estimate of drug-likeness (QED) is 0.320. The maximum atomic E-state index is 9.75. The van der Waals surface area contributed by atoms with Gasteiger partial charge in [0.1, 0.15) is 0 Å². The van der Waals surface area contributed by atoms with Gasteiger partial charge in [0, 0.05) is 21.3 Å². The van der Waals surface area contributed by atoms with Crippen LogP contribution in [-0.2, 0) is 0 Å². The molecule has 0 unspecified atom stereocenters. The molecule has 0 aromatic heterocycles. The molecule has 0 amide bonds. The van der Waals surface area contributed by atoms with Gasteiger partial charge in [0.05, 0.1) is 24.6 Å². The van der Waals surface area contributed by atoms with E-state index < -0.39 is 0 Å². The van der Waals surface area contributed by atoms with Crippen LogP contribution >= 0.6 is 23.5 Å². The number of thioether (sulfide) groups is 2. The molecular weight excluding hydrogens is 472 g/mol. The number of fused-ring (bicyclic) bond motifs is 3. The lowest BCUT2D eigenvalue weighted by atomic mass is 10.3. The number of aliphatic imine (C=N–C) groups is 2. The molecule has 10 heteroatoms. The van der Waals surface area contributed by atoms with Crippen molar-refractivity contribution in [2.45, 2.75) is 9.79 Å². The van der Waals surface area contributed by atoms with Crippen LogP contribution in [0.5, 0.6) is 11.5 Å². The number of rotatable bonds is 0. The molecular formula is C24H24N4O4S2. The van der Waals surface area contributed by atoms with E-state index in [2.05, 4.69) is 9.98 Å². The van der Waals surface area contributed by atoms with Crippen molar-refractivity contribution in [2.75, 3.05) is 24.7 Å². The second-order valence-electron chi connectivity index (χ2n) is 6.92. The molecule has 0 spiro atoms. The number of ether oxygens (including phenoxy) is 2. The smallest absolute Gasteiger partial charge is 0.195 e. The van der Waals surface area contributed by atoms with E-state index in [-0.39, 0.29) is 11.7 Å². The third kappa shape index (κ3) is 6.23. The van der Waals surface area contributed by atoms with Gasteiger partial charge in [-0.2, -0.15) is 0 Å². The highest BCUT2D eigenvalue weighted by Crippen LogP contribution is 2.33. The molecule has 4 N–H and O–H groups in total. The molecule has 0 aliphatic carbocycles. The van der Waals surface area contributed by atoms with Crippen LogP contribution in [0, 0.1) is 0 Å². The largest absolute Gasteiger partial charge is 0.489 e. The summed E-state index contributed by atoms with van der Waals surface area (Å²) >= 11 is 3.13. The summed E-state index contributed by atoms with van der Waals surface area (Å²) in [7, 11) is 0. The highest BCUT2D eigenvalue weighted by atomic mass is 32.2. The third-order valence-electron chi connectivity index (χ3n) is 4.68. The van der Waals surface area contributed by atoms with E-state index in [1.807, 2.05) is 83.8 Å². The fraction of sp³-hybridized carbons (Fsp3) is 0.167. The fourth-order valence-corrected chi connectivity index (χ4v) is 4.79. The average molecular weight is 497 g/mol. The van der Waals surface area contributed by atoms with Crippen LogP contribution < -0.4 is 20.4 Å². The van der Waals surface area contributed by atoms with Crippen LogP contribution in [0.25, 0.3) is 0 Å². The number of nitrogens with zero attached hydrogens (tertiary/aromatic N) is 2. The first kappa shape index (κ1) is 24.0. The Morgan fingerprint density at radius 1 is 0.618 bits per heavy atom. The molecule has 3 aromatic carbocycles. The molecule has 0 saturated carbocycles. The Balaban J connectivity index is 1.71. The molecule has 34 heavy (non-hydrogen) atoms. The summed E-state index contributed by atoms with van der Waals surface area (Å²) in [6.45, 7) is 0.947. The average Bonchev–Trinajstić information content (AvgIpc) is 2.88. The molecule has 1 aliphatic heterocycles. The summed E-state index contributed by atoms with van der Waals surface area (Å²) in [5.74, 6) is 2.71. The predicted molar refractivity (Wildman–Crippen MR) is 136 cm³/mol. The van der Waals surface area contributed by atoms with Gasteiger partial charge in [-0.1, -0.05) is 36.4 Å². The van der Waals surface area contributed by atoms with Gasteiger partial charge in [0.15, 0.2) is 23.2 Å². The van der Waals surface area contributed by atoms with Gasteiger partial charge in [0.25, 0.3) is 0 Å². The summed E-state index contributed by atoms with van der Waals surface area (Å²) in [5, 5.41) is 19.5. The van der Waals surface area contributed by atoms with E-state index >= 15 is 0 Å². The first-order valence-electron chi connectivity index (χ1n) is 10.5. The second kappa shape index (κ2) is 12.3. The molecule has 176 valence electrons. The van der Waals surface area contributed by atoms with Crippen molar-refractivity contribution >= 4 is 46.6 Å². The summed E-state index contributed by atoms with van der Waals surface area (Å²) in [4.78, 5) is 10.8. The number of amidine groups is 2. The van der Waals surface area contributed by atoms with Crippen LogP contribution in [0.2, 0.25) is 0 Å². The van der Waals surface area contributed by atoms with Crippen LogP contribution in [-0.4, -0.2) is 46.8 Å². The number of benzene rings is 3. The summed E-state index contributed by atoms with van der Waals surface area (Å²) < 4.78 is 12.0. The van der Waals surface area contributed by atoms with E-state index in [0.717, 1.165) is 9.79 Å². The van der Waals surface area contributed by atoms with E-state index in [4.69, 9.17) is 9.47 Å². The van der Waals surface area contributed by atoms with Crippen LogP contribution in [0.1, 0.15) is 0 Å². The summed E-state index contributed by atoms with van der Waals surface area (Å²) in [5.41, 5.74) is 5.31. The van der Waals surface area contributed by atoms with E-state index in [9.17, 15) is 10.4 Å². The van der Waals surface area contributed by atoms with E-state index in [0.29, 0.717) is 47.6 Å². The molecule has 0 bridgehead atoms. The standard InChI is InChI=1S/C24H24N4O4S2/c29-27-23-24(28-30)26-18-8-2-6-12-22(18)34-16-14-32-20-10-4-3-9-19(20)31-13-15-33-21-11-5-1-7-17(21)25-23/h1-12,29-30H,13-16H2,(H,25,27)(H,26,28). The molecule has 0 atom stereocenters. The Bertz CT molecular complexity index is 1080. The first-order valence-corrected chi connectivity index (χ1v) is 12.5. The Morgan fingerprint density at radius 3 is 1.47 bits per heavy atom. The van der Waals surface area contributed by atoms with Crippen molar-refractivity contribution in [3.8, 4) is 11.5 Å². The molecule has 4 rings (SSSR count). The molecule has 0 saturated heterocycles. The number of para-hydroxylation sites is 4. The summed E-state index contributed by atoms with van der Waals surface area (Å²) in [6, 6.07) is 22.7. The van der Waals surface area contributed by atoms with Crippen molar-refractivity contribution in [1.29, 1.82) is 0 Å². The molecule has 1 heterocycles. The number of hydroxylamine groups is 2. The maximum absolute atomic E-state index is 9.75. The van der Waals surface area contributed by atoms with Gasteiger partial charge in [-0.25, -0.2) is 20.9 Å². The molecule has 8 nitrogen and oxygen atoms in total. The first-order chi connectivity index (χ1) is 16.8. The van der Waals surface area contributed by atoms with Crippen molar-refractivity contribution in [3.63, 3.8) is 0 Å². The number of nitrogens with one attached hydrogen (secondary N) is 2. The van der Waals surface area contributed by atoms with Crippen molar-refractivity contribution < 1.29 is 19.9 Å². The van der Waals surface area contributed by atoms with Gasteiger partial charge < -0.3 is 9.47 Å². The van der Waals surface area contributed by atoms with Crippen LogP contribution in [0.15, 0.2) is 92.6 Å². The zero-order valence-corrected chi connectivity index (χ0v) is 19.8. The SMILES string of the molecule is ONC1=Nc2ccccc2SCCOc2ccccc2OCCSc2ccccc2N=C1NO. The molecule has 0 fully saturated rings. The van der Waals surface area contributed by atoms with Crippen molar-refractivity contribution in [3.05, 3.63) is 72.8 Å². The minimum atomic E-state index is -0.0232. The van der Waals surface area contributed by atoms with Crippen molar-refractivity contribution in [1.82, 2.24) is 11.0 Å². The lowest BCUT2D eigenvalue weighted by Crippen LogP contribution is -2.37. The van der Waals surface area contributed by atoms with Gasteiger partial charge in [-0.15, -0.1) is 23.5 Å². The van der Waals surface area contributed by atoms with Crippen molar-refractivity contribution in [2.24, 2.45) is 9.98 Å². The molecule has 3 aromatic rings. The van der Waals surface area contributed by atoms with Gasteiger partial charge in [-0.3, -0.25) is 10.4 Å². The number of hydrogen-bond acceptors (Lipinski definition) is 10. The third-order valence-corrected chi connectivity index (χ3v) is 6.73. The highest BCUT2D eigenvalue weighted by Gasteiger charge is 2.13. The van der Waals surface area contributed by atoms with E-state index in [1.165, 1.54) is 0 Å². The lowest BCUT2D eigenvalue weighted by Gasteiger charge is -2.14. The van der Waals surface area contributed by atoms with Gasteiger partial charge in [-0.05, 0) is 36.4 Å². The monoisotopic (exact) mass is 496 g/mol. The van der Waals surface area contributed by atoms with Gasteiger partial charge in [0.2, 0.25) is 0 Å². The van der Waals surface area contributed by atoms with E-state index in [1.54, 1.807) is 23.5 Å². The topological polar surface area (TPSA) is 108 Å². The Morgan fingerprint density at radius 2 is 1.03 bits per heavy atom. The normalized spacial score (nSPS) is 14.9. The van der Waals surface area contributed by atoms with Gasteiger partial charge >= 0.3 is 0 Å². The fourth-order valence-electron chi connectivity index (χ4n) is 3.14. The predicted octanol–water partition coefficient (Wildman–Crippen LogP) is 5.06. The lowest BCUT2D eigenvalue weighted by molar-refractivity contribution is 0.223. The Hall–Kier alpha value is -3.18. The minimum absolute atomic E-state index is 0.0232. The van der Waals surface area contributed by atoms with Crippen LogP contribution in [0.3, 0.4) is 0 Å². The Kier molecular flexibility index (Phi) is 8.69. The minimum Gasteiger partial charge on any atom is -0.489 e. The second-order valence-corrected chi connectivity index (χ2v) is 9.19. The highest BCUT2D eigenvalue weighted by molar-refractivity contribution is 7.99. The zero-order chi connectivity index (χ0) is 23.6.